The summed E-state index contributed by atoms with van der Waals surface area (Å²) in [6.07, 6.45) is 16.0. The zero-order valence-electron chi connectivity index (χ0n) is 12.4. The highest BCUT2D eigenvalue weighted by atomic mass is 16.3. The maximum Gasteiger partial charge on any atom is 0.0718 e. The highest BCUT2D eigenvalue weighted by molar-refractivity contribution is 5.14. The molecule has 2 fully saturated rings. The molecule has 0 aliphatic heterocycles. The van der Waals surface area contributed by atoms with Crippen LogP contribution in [0.15, 0.2) is 24.5 Å². The second-order valence-corrected chi connectivity index (χ2v) is 6.89. The molecule has 0 spiro atoms. The van der Waals surface area contributed by atoms with Crippen LogP contribution in [0.4, 0.5) is 0 Å². The number of aliphatic hydroxyl groups is 1. The second kappa shape index (κ2) is 6.26. The Morgan fingerprint density at radius 1 is 1.00 bits per heavy atom. The van der Waals surface area contributed by atoms with E-state index in [0.717, 1.165) is 18.8 Å². The topological polar surface area (TPSA) is 33.1 Å². The third-order valence-corrected chi connectivity index (χ3v) is 5.54. The average Bonchev–Trinajstić information content (AvgIpc) is 2.49. The van der Waals surface area contributed by atoms with Crippen LogP contribution in [0.25, 0.3) is 0 Å². The Labute approximate surface area is 122 Å². The number of hydrogen-bond acceptors (Lipinski definition) is 2. The van der Waals surface area contributed by atoms with Gasteiger partial charge in [-0.15, -0.1) is 0 Å². The van der Waals surface area contributed by atoms with Crippen molar-refractivity contribution < 1.29 is 5.11 Å². The van der Waals surface area contributed by atoms with E-state index in [2.05, 4.69) is 17.1 Å². The Morgan fingerprint density at radius 2 is 1.70 bits per heavy atom. The Morgan fingerprint density at radius 3 is 2.45 bits per heavy atom. The van der Waals surface area contributed by atoms with Crippen LogP contribution in [0.5, 0.6) is 0 Å². The van der Waals surface area contributed by atoms with Gasteiger partial charge in [0.2, 0.25) is 0 Å². The lowest BCUT2D eigenvalue weighted by atomic mass is 9.64. The molecule has 3 rings (SSSR count). The quantitative estimate of drug-likeness (QED) is 0.898. The maximum absolute atomic E-state index is 11.3. The number of nitrogens with zero attached hydrogens (tertiary/aromatic N) is 1. The van der Waals surface area contributed by atoms with Gasteiger partial charge in [0.05, 0.1) is 5.60 Å². The SMILES string of the molecule is OC1(Cc2ccncc2)CCCCC1C1CCCCC1. The molecule has 2 atom stereocenters. The normalized spacial score (nSPS) is 32.1. The molecule has 2 aliphatic carbocycles. The highest BCUT2D eigenvalue weighted by Crippen LogP contribution is 2.45. The highest BCUT2D eigenvalue weighted by Gasteiger charge is 2.42. The largest absolute Gasteiger partial charge is 0.389 e. The van der Waals surface area contributed by atoms with Gasteiger partial charge in [-0.2, -0.15) is 0 Å². The second-order valence-electron chi connectivity index (χ2n) is 6.89. The van der Waals surface area contributed by atoms with Crippen LogP contribution in [0.3, 0.4) is 0 Å². The van der Waals surface area contributed by atoms with E-state index in [1.54, 1.807) is 0 Å². The minimum atomic E-state index is -0.471. The lowest BCUT2D eigenvalue weighted by molar-refractivity contribution is -0.0766. The fourth-order valence-corrected chi connectivity index (χ4v) is 4.53. The number of rotatable bonds is 3. The minimum Gasteiger partial charge on any atom is -0.389 e. The van der Waals surface area contributed by atoms with Gasteiger partial charge in [-0.1, -0.05) is 44.9 Å². The summed E-state index contributed by atoms with van der Waals surface area (Å²) in [5, 5.41) is 11.3. The van der Waals surface area contributed by atoms with Crippen LogP contribution in [0.2, 0.25) is 0 Å². The molecule has 2 aliphatic rings. The summed E-state index contributed by atoms with van der Waals surface area (Å²) in [5.74, 6) is 1.28. The van der Waals surface area contributed by atoms with Crippen LogP contribution in [0, 0.1) is 11.8 Å². The summed E-state index contributed by atoms with van der Waals surface area (Å²) in [4.78, 5) is 4.09. The molecule has 2 saturated carbocycles. The fourth-order valence-electron chi connectivity index (χ4n) is 4.53. The molecule has 110 valence electrons. The standard InChI is InChI=1S/C18H27NO/c20-18(14-15-9-12-19-13-10-15)11-5-4-8-17(18)16-6-2-1-3-7-16/h9-10,12-13,16-17,20H,1-8,11,14H2. The molecule has 1 aromatic heterocycles. The first-order chi connectivity index (χ1) is 9.78. The molecule has 2 heteroatoms. The molecular formula is C18H27NO. The Bertz CT molecular complexity index is 413. The van der Waals surface area contributed by atoms with Gasteiger partial charge in [-0.05, 0) is 42.4 Å². The summed E-state index contributed by atoms with van der Waals surface area (Å²) in [7, 11) is 0. The van der Waals surface area contributed by atoms with Crippen molar-refractivity contribution in [2.24, 2.45) is 11.8 Å². The van der Waals surface area contributed by atoms with Gasteiger partial charge >= 0.3 is 0 Å². The molecular weight excluding hydrogens is 246 g/mol. The van der Waals surface area contributed by atoms with E-state index in [0.29, 0.717) is 5.92 Å². The Hall–Kier alpha value is -0.890. The van der Waals surface area contributed by atoms with Crippen LogP contribution in [0.1, 0.15) is 63.4 Å². The van der Waals surface area contributed by atoms with Gasteiger partial charge in [0.15, 0.2) is 0 Å². The molecule has 0 radical (unpaired) electrons. The van der Waals surface area contributed by atoms with Gasteiger partial charge in [-0.25, -0.2) is 0 Å². The van der Waals surface area contributed by atoms with E-state index in [-0.39, 0.29) is 0 Å². The van der Waals surface area contributed by atoms with E-state index < -0.39 is 5.60 Å². The van der Waals surface area contributed by atoms with Crippen molar-refractivity contribution in [1.29, 1.82) is 0 Å². The van der Waals surface area contributed by atoms with Crippen molar-refractivity contribution in [3.8, 4) is 0 Å². The van der Waals surface area contributed by atoms with Crippen molar-refractivity contribution in [3.05, 3.63) is 30.1 Å². The first kappa shape index (κ1) is 14.1. The van der Waals surface area contributed by atoms with Crippen LogP contribution >= 0.6 is 0 Å². The smallest absolute Gasteiger partial charge is 0.0718 e. The van der Waals surface area contributed by atoms with Crippen LogP contribution in [-0.2, 0) is 6.42 Å². The first-order valence-corrected chi connectivity index (χ1v) is 8.39. The van der Waals surface area contributed by atoms with Crippen LogP contribution < -0.4 is 0 Å². The van der Waals surface area contributed by atoms with Crippen molar-refractivity contribution >= 4 is 0 Å². The third kappa shape index (κ3) is 3.06. The maximum atomic E-state index is 11.3. The van der Waals surface area contributed by atoms with E-state index in [9.17, 15) is 5.11 Å². The predicted octanol–water partition coefficient (Wildman–Crippen LogP) is 4.13. The van der Waals surface area contributed by atoms with E-state index in [1.165, 1.54) is 56.9 Å². The average molecular weight is 273 g/mol. The molecule has 1 N–H and O–H groups in total. The number of pyridine rings is 1. The summed E-state index contributed by atoms with van der Waals surface area (Å²) in [5.41, 5.74) is 0.770. The molecule has 1 aromatic rings. The number of hydrogen-bond donors (Lipinski definition) is 1. The Balaban J connectivity index is 1.76. The molecule has 2 nitrogen and oxygen atoms in total. The van der Waals surface area contributed by atoms with Gasteiger partial charge in [0.1, 0.15) is 0 Å². The summed E-state index contributed by atoms with van der Waals surface area (Å²) < 4.78 is 0. The molecule has 1 heterocycles. The lowest BCUT2D eigenvalue weighted by Gasteiger charge is -2.45. The van der Waals surface area contributed by atoms with Crippen molar-refractivity contribution in [1.82, 2.24) is 4.98 Å². The van der Waals surface area contributed by atoms with Crippen molar-refractivity contribution in [3.63, 3.8) is 0 Å². The summed E-state index contributed by atoms with van der Waals surface area (Å²) in [6.45, 7) is 0. The molecule has 0 aromatic carbocycles. The van der Waals surface area contributed by atoms with Gasteiger partial charge in [0, 0.05) is 18.8 Å². The lowest BCUT2D eigenvalue weighted by Crippen LogP contribution is -2.46. The molecule has 0 bridgehead atoms. The zero-order valence-corrected chi connectivity index (χ0v) is 12.4. The molecule has 0 saturated heterocycles. The minimum absolute atomic E-state index is 0.471. The van der Waals surface area contributed by atoms with E-state index >= 15 is 0 Å². The first-order valence-electron chi connectivity index (χ1n) is 8.39. The van der Waals surface area contributed by atoms with Gasteiger partial charge < -0.3 is 5.11 Å². The van der Waals surface area contributed by atoms with E-state index in [1.807, 2.05) is 12.4 Å². The van der Waals surface area contributed by atoms with Crippen molar-refractivity contribution in [2.45, 2.75) is 69.8 Å². The van der Waals surface area contributed by atoms with Crippen molar-refractivity contribution in [2.75, 3.05) is 0 Å². The summed E-state index contributed by atoms with van der Waals surface area (Å²) in [6, 6.07) is 4.12. The molecule has 0 amide bonds. The third-order valence-electron chi connectivity index (χ3n) is 5.54. The Kier molecular flexibility index (Phi) is 4.40. The van der Waals surface area contributed by atoms with E-state index in [4.69, 9.17) is 0 Å². The number of aromatic nitrogens is 1. The van der Waals surface area contributed by atoms with Gasteiger partial charge in [-0.3, -0.25) is 4.98 Å². The monoisotopic (exact) mass is 273 g/mol. The van der Waals surface area contributed by atoms with Crippen LogP contribution in [-0.4, -0.2) is 15.7 Å². The fraction of sp³-hybridized carbons (Fsp3) is 0.722. The zero-order chi connectivity index (χ0) is 13.8. The van der Waals surface area contributed by atoms with Gasteiger partial charge in [0.25, 0.3) is 0 Å². The molecule has 2 unspecified atom stereocenters. The molecule has 20 heavy (non-hydrogen) atoms. The summed E-state index contributed by atoms with van der Waals surface area (Å²) >= 11 is 0. The predicted molar refractivity (Wildman–Crippen MR) is 81.4 cm³/mol.